The molecule has 19 heavy (non-hydrogen) atoms. The molecule has 0 saturated carbocycles. The first-order chi connectivity index (χ1) is 9.31. The zero-order valence-corrected chi connectivity index (χ0v) is 11.3. The summed E-state index contributed by atoms with van der Waals surface area (Å²) in [7, 11) is 0. The molecule has 1 N–H and O–H groups in total. The van der Waals surface area contributed by atoms with E-state index in [1.807, 2.05) is 30.3 Å². The quantitative estimate of drug-likeness (QED) is 0.574. The van der Waals surface area contributed by atoms with E-state index in [0.29, 0.717) is 0 Å². The molecule has 0 atom stereocenters. The summed E-state index contributed by atoms with van der Waals surface area (Å²) in [5.74, 6) is 0. The van der Waals surface area contributed by atoms with Crippen LogP contribution in [0.3, 0.4) is 0 Å². The van der Waals surface area contributed by atoms with E-state index >= 15 is 0 Å². The Morgan fingerprint density at radius 2 is 2.05 bits per heavy atom. The number of nitrogens with zero attached hydrogens (tertiary/aromatic N) is 2. The lowest BCUT2D eigenvalue weighted by Crippen LogP contribution is -1.89. The number of aryl methyl sites for hydroxylation is 1. The second kappa shape index (κ2) is 5.20. The van der Waals surface area contributed by atoms with Gasteiger partial charge in [-0.05, 0) is 24.6 Å². The van der Waals surface area contributed by atoms with Crippen LogP contribution in [0.1, 0.15) is 11.1 Å². The van der Waals surface area contributed by atoms with Crippen molar-refractivity contribution in [1.29, 1.82) is 0 Å². The van der Waals surface area contributed by atoms with Gasteiger partial charge in [-0.15, -0.1) is 0 Å². The highest BCUT2D eigenvalue weighted by Gasteiger charge is 2.00. The van der Waals surface area contributed by atoms with E-state index in [0.717, 1.165) is 20.9 Å². The van der Waals surface area contributed by atoms with Crippen LogP contribution >= 0.6 is 11.3 Å². The standard InChI is InChI=1S/C15H13N3S/c1-11-5-4-6-12(9-11)10-16-18-15-17-13-7-2-3-8-14(13)19-15/h2-10H,1H3,(H,17,18)/b16-10-. The van der Waals surface area contributed by atoms with Gasteiger partial charge in [0.2, 0.25) is 5.13 Å². The second-order valence-electron chi connectivity index (χ2n) is 4.27. The summed E-state index contributed by atoms with van der Waals surface area (Å²) in [4.78, 5) is 4.46. The molecule has 0 aliphatic heterocycles. The van der Waals surface area contributed by atoms with Crippen LogP contribution in [0.25, 0.3) is 10.2 Å². The summed E-state index contributed by atoms with van der Waals surface area (Å²) >= 11 is 1.60. The largest absolute Gasteiger partial charge is 0.253 e. The third-order valence-corrected chi connectivity index (χ3v) is 3.65. The van der Waals surface area contributed by atoms with Crippen molar-refractivity contribution >= 4 is 32.9 Å². The Morgan fingerprint density at radius 1 is 1.16 bits per heavy atom. The normalized spacial score (nSPS) is 11.2. The molecule has 3 aromatic rings. The van der Waals surface area contributed by atoms with E-state index in [4.69, 9.17) is 0 Å². The summed E-state index contributed by atoms with van der Waals surface area (Å²) in [5.41, 5.74) is 6.28. The minimum absolute atomic E-state index is 0.810. The highest BCUT2D eigenvalue weighted by Crippen LogP contribution is 2.25. The number of hydrogen-bond donors (Lipinski definition) is 1. The number of benzene rings is 2. The van der Waals surface area contributed by atoms with E-state index in [1.54, 1.807) is 17.6 Å². The van der Waals surface area contributed by atoms with Gasteiger partial charge in [-0.3, -0.25) is 5.43 Å². The minimum atomic E-state index is 0.810. The van der Waals surface area contributed by atoms with Gasteiger partial charge in [-0.1, -0.05) is 53.3 Å². The topological polar surface area (TPSA) is 37.3 Å². The van der Waals surface area contributed by atoms with Crippen LogP contribution in [-0.2, 0) is 0 Å². The van der Waals surface area contributed by atoms with Crippen molar-refractivity contribution in [1.82, 2.24) is 4.98 Å². The Bertz CT molecular complexity index is 698. The van der Waals surface area contributed by atoms with Gasteiger partial charge in [-0.2, -0.15) is 5.10 Å². The molecule has 2 aromatic carbocycles. The molecule has 0 radical (unpaired) electrons. The molecule has 0 aliphatic rings. The molecule has 0 bridgehead atoms. The Hall–Kier alpha value is -2.20. The van der Waals surface area contributed by atoms with Gasteiger partial charge >= 0.3 is 0 Å². The average Bonchev–Trinajstić information content (AvgIpc) is 2.81. The monoisotopic (exact) mass is 267 g/mol. The summed E-state index contributed by atoms with van der Waals surface area (Å²) in [5, 5.41) is 5.03. The van der Waals surface area contributed by atoms with Gasteiger partial charge in [0.05, 0.1) is 16.4 Å². The maximum absolute atomic E-state index is 4.46. The summed E-state index contributed by atoms with van der Waals surface area (Å²) < 4.78 is 1.16. The number of thiazole rings is 1. The third-order valence-electron chi connectivity index (χ3n) is 2.71. The number of fused-ring (bicyclic) bond motifs is 1. The third kappa shape index (κ3) is 2.80. The number of rotatable bonds is 3. The molecule has 0 aliphatic carbocycles. The molecule has 0 spiro atoms. The first kappa shape index (κ1) is 11.9. The van der Waals surface area contributed by atoms with Crippen molar-refractivity contribution in [3.05, 3.63) is 59.7 Å². The fourth-order valence-corrected chi connectivity index (χ4v) is 2.65. The zero-order chi connectivity index (χ0) is 13.1. The van der Waals surface area contributed by atoms with Crippen molar-refractivity contribution in [3.8, 4) is 0 Å². The predicted octanol–water partition coefficient (Wildman–Crippen LogP) is 4.05. The van der Waals surface area contributed by atoms with Gasteiger partial charge in [0, 0.05) is 0 Å². The van der Waals surface area contributed by atoms with E-state index in [9.17, 15) is 0 Å². The van der Waals surface area contributed by atoms with Gasteiger partial charge in [-0.25, -0.2) is 4.98 Å². The van der Waals surface area contributed by atoms with Crippen molar-refractivity contribution in [2.24, 2.45) is 5.10 Å². The lowest BCUT2D eigenvalue weighted by molar-refractivity contribution is 1.31. The number of hydrogen-bond acceptors (Lipinski definition) is 4. The van der Waals surface area contributed by atoms with Crippen LogP contribution in [0.2, 0.25) is 0 Å². The number of para-hydroxylation sites is 1. The molecule has 3 rings (SSSR count). The number of nitrogens with one attached hydrogen (secondary N) is 1. The van der Waals surface area contributed by atoms with Crippen molar-refractivity contribution < 1.29 is 0 Å². The molecular formula is C15H13N3S. The van der Waals surface area contributed by atoms with Gasteiger partial charge in [0.1, 0.15) is 0 Å². The molecule has 0 unspecified atom stereocenters. The highest BCUT2D eigenvalue weighted by molar-refractivity contribution is 7.22. The number of aromatic nitrogens is 1. The molecule has 1 aromatic heterocycles. The summed E-state index contributed by atoms with van der Waals surface area (Å²) in [6, 6.07) is 16.3. The molecule has 4 heteroatoms. The van der Waals surface area contributed by atoms with Crippen LogP contribution in [0.15, 0.2) is 53.6 Å². The maximum Gasteiger partial charge on any atom is 0.204 e. The van der Waals surface area contributed by atoms with E-state index in [1.165, 1.54) is 5.56 Å². The number of anilines is 1. The fraction of sp³-hybridized carbons (Fsp3) is 0.0667. The first-order valence-electron chi connectivity index (χ1n) is 6.02. The summed E-state index contributed by atoms with van der Waals surface area (Å²) in [6.07, 6.45) is 1.80. The van der Waals surface area contributed by atoms with Gasteiger partial charge in [0.25, 0.3) is 0 Å². The minimum Gasteiger partial charge on any atom is -0.253 e. The molecular weight excluding hydrogens is 254 g/mol. The van der Waals surface area contributed by atoms with Crippen LogP contribution in [-0.4, -0.2) is 11.2 Å². The SMILES string of the molecule is Cc1cccc(/C=N\Nc2nc3ccccc3s2)c1. The van der Waals surface area contributed by atoms with Crippen LogP contribution < -0.4 is 5.43 Å². The van der Waals surface area contributed by atoms with Gasteiger partial charge < -0.3 is 0 Å². The van der Waals surface area contributed by atoms with E-state index in [2.05, 4.69) is 40.6 Å². The summed E-state index contributed by atoms with van der Waals surface area (Å²) in [6.45, 7) is 2.07. The Balaban J connectivity index is 1.75. The predicted molar refractivity (Wildman–Crippen MR) is 82.0 cm³/mol. The first-order valence-corrected chi connectivity index (χ1v) is 6.84. The molecule has 0 amide bonds. The Kier molecular flexibility index (Phi) is 3.25. The van der Waals surface area contributed by atoms with Crippen molar-refractivity contribution in [3.63, 3.8) is 0 Å². The molecule has 3 nitrogen and oxygen atoms in total. The molecule has 0 saturated heterocycles. The highest BCUT2D eigenvalue weighted by atomic mass is 32.1. The van der Waals surface area contributed by atoms with Crippen molar-refractivity contribution in [2.75, 3.05) is 5.43 Å². The van der Waals surface area contributed by atoms with Crippen LogP contribution in [0.4, 0.5) is 5.13 Å². The van der Waals surface area contributed by atoms with Crippen molar-refractivity contribution in [2.45, 2.75) is 6.92 Å². The lowest BCUT2D eigenvalue weighted by atomic mass is 10.2. The van der Waals surface area contributed by atoms with E-state index in [-0.39, 0.29) is 0 Å². The molecule has 94 valence electrons. The Morgan fingerprint density at radius 3 is 2.89 bits per heavy atom. The molecule has 0 fully saturated rings. The maximum atomic E-state index is 4.46. The van der Waals surface area contributed by atoms with Crippen LogP contribution in [0, 0.1) is 6.92 Å². The average molecular weight is 267 g/mol. The lowest BCUT2D eigenvalue weighted by Gasteiger charge is -1.95. The van der Waals surface area contributed by atoms with E-state index < -0.39 is 0 Å². The van der Waals surface area contributed by atoms with Crippen LogP contribution in [0.5, 0.6) is 0 Å². The fourth-order valence-electron chi connectivity index (χ4n) is 1.83. The zero-order valence-electron chi connectivity index (χ0n) is 10.5. The Labute approximate surface area is 115 Å². The van der Waals surface area contributed by atoms with Gasteiger partial charge in [0.15, 0.2) is 0 Å². The second-order valence-corrected chi connectivity index (χ2v) is 5.30. The molecule has 1 heterocycles. The number of hydrazone groups is 1. The smallest absolute Gasteiger partial charge is 0.204 e.